The summed E-state index contributed by atoms with van der Waals surface area (Å²) in [6, 6.07) is 7.32. The third-order valence-electron chi connectivity index (χ3n) is 5.31. The van der Waals surface area contributed by atoms with E-state index in [0.717, 1.165) is 43.5 Å². The Kier molecular flexibility index (Phi) is 15.3. The van der Waals surface area contributed by atoms with Crippen LogP contribution in [-0.2, 0) is 12.8 Å². The third kappa shape index (κ3) is 11.1. The SMILES string of the molecule is CO.Fc1cc(/C=C/Cc2cc(F)c(F)c(F)c2)cc(F)c1F.[CH2]c1cc(F)c(CC)c(F)c1.[CH2]c1cc(F)c(F)c(F)c1. The van der Waals surface area contributed by atoms with Crippen molar-refractivity contribution in [1.29, 1.82) is 0 Å². The predicted octanol–water partition coefficient (Wildman–Crippen LogP) is 9.38. The molecule has 236 valence electrons. The molecule has 1 nitrogen and oxygen atoms in total. The maximum atomic E-state index is 13.0. The monoisotopic (exact) mass is 634 g/mol. The second kappa shape index (κ2) is 17.8. The lowest BCUT2D eigenvalue weighted by Gasteiger charge is -2.01. The van der Waals surface area contributed by atoms with Crippen molar-refractivity contribution in [2.45, 2.75) is 19.8 Å². The van der Waals surface area contributed by atoms with Gasteiger partial charge in [-0.15, -0.1) is 0 Å². The highest BCUT2D eigenvalue weighted by Gasteiger charge is 2.11. The minimum Gasteiger partial charge on any atom is -0.400 e. The molecule has 4 aromatic rings. The fourth-order valence-electron chi connectivity index (χ4n) is 3.33. The molecule has 0 amide bonds. The van der Waals surface area contributed by atoms with E-state index >= 15 is 0 Å². The molecule has 4 rings (SSSR count). The average molecular weight is 635 g/mol. The summed E-state index contributed by atoms with van der Waals surface area (Å²) >= 11 is 0. The Morgan fingerprint density at radius 3 is 1.20 bits per heavy atom. The smallest absolute Gasteiger partial charge is 0.194 e. The molecule has 0 heterocycles. The highest BCUT2D eigenvalue weighted by atomic mass is 19.2. The first kappa shape index (κ1) is 37.8. The van der Waals surface area contributed by atoms with Crippen molar-refractivity contribution in [3.8, 4) is 0 Å². The molecule has 0 aliphatic carbocycles. The van der Waals surface area contributed by atoms with Gasteiger partial charge in [-0.1, -0.05) is 19.1 Å². The van der Waals surface area contributed by atoms with Crippen LogP contribution in [0.25, 0.3) is 6.08 Å². The molecular weight excluding hydrogens is 609 g/mol. The van der Waals surface area contributed by atoms with Crippen molar-refractivity contribution in [3.05, 3.63) is 160 Å². The number of halogens is 11. The molecule has 0 unspecified atom stereocenters. The summed E-state index contributed by atoms with van der Waals surface area (Å²) in [5.41, 5.74) is 0.825. The fraction of sp³-hybridized carbons (Fsp3) is 0.125. The summed E-state index contributed by atoms with van der Waals surface area (Å²) in [6.45, 7) is 8.39. The van der Waals surface area contributed by atoms with Gasteiger partial charge in [-0.25, -0.2) is 48.3 Å². The van der Waals surface area contributed by atoms with E-state index in [1.54, 1.807) is 6.92 Å². The van der Waals surface area contributed by atoms with Crippen LogP contribution < -0.4 is 0 Å². The normalized spacial score (nSPS) is 10.4. The summed E-state index contributed by atoms with van der Waals surface area (Å²) < 4.78 is 139. The van der Waals surface area contributed by atoms with Gasteiger partial charge in [0, 0.05) is 12.7 Å². The Morgan fingerprint density at radius 1 is 0.523 bits per heavy atom. The number of benzene rings is 4. The van der Waals surface area contributed by atoms with Crippen molar-refractivity contribution in [1.82, 2.24) is 0 Å². The molecule has 0 atom stereocenters. The van der Waals surface area contributed by atoms with Crippen LogP contribution in [0.3, 0.4) is 0 Å². The number of aliphatic hydroxyl groups excluding tert-OH is 1. The van der Waals surface area contributed by atoms with Crippen LogP contribution in [0, 0.1) is 77.8 Å². The topological polar surface area (TPSA) is 20.2 Å². The molecule has 2 radical (unpaired) electrons. The number of allylic oxidation sites excluding steroid dienone is 1. The molecule has 0 aliphatic rings. The van der Waals surface area contributed by atoms with Gasteiger partial charge in [0.2, 0.25) is 0 Å². The minimum absolute atomic E-state index is 0.00867. The van der Waals surface area contributed by atoms with Crippen molar-refractivity contribution in [2.75, 3.05) is 7.11 Å². The van der Waals surface area contributed by atoms with Crippen LogP contribution in [0.1, 0.15) is 34.7 Å². The van der Waals surface area contributed by atoms with Crippen LogP contribution >= 0.6 is 0 Å². The summed E-state index contributed by atoms with van der Waals surface area (Å²) in [5, 5.41) is 7.00. The van der Waals surface area contributed by atoms with Crippen LogP contribution in [0.5, 0.6) is 0 Å². The van der Waals surface area contributed by atoms with E-state index in [4.69, 9.17) is 5.11 Å². The van der Waals surface area contributed by atoms with Crippen molar-refractivity contribution in [3.63, 3.8) is 0 Å². The fourth-order valence-corrected chi connectivity index (χ4v) is 3.33. The lowest BCUT2D eigenvalue weighted by molar-refractivity contribution is 0.399. The number of rotatable bonds is 4. The van der Waals surface area contributed by atoms with Gasteiger partial charge >= 0.3 is 0 Å². The molecule has 0 saturated heterocycles. The Morgan fingerprint density at radius 2 is 0.841 bits per heavy atom. The molecule has 0 aliphatic heterocycles. The van der Waals surface area contributed by atoms with E-state index < -0.39 is 64.0 Å². The van der Waals surface area contributed by atoms with Crippen LogP contribution in [0.4, 0.5) is 48.3 Å². The highest BCUT2D eigenvalue weighted by molar-refractivity contribution is 5.50. The van der Waals surface area contributed by atoms with Crippen LogP contribution in [0.15, 0.2) is 54.6 Å². The first-order valence-electron chi connectivity index (χ1n) is 12.3. The molecule has 0 fully saturated rings. The lowest BCUT2D eigenvalue weighted by atomic mass is 10.1. The summed E-state index contributed by atoms with van der Waals surface area (Å²) in [6.07, 6.45) is 3.00. The van der Waals surface area contributed by atoms with E-state index in [0.29, 0.717) is 12.0 Å². The van der Waals surface area contributed by atoms with E-state index in [-0.39, 0.29) is 28.7 Å². The average Bonchev–Trinajstić information content (AvgIpc) is 2.94. The van der Waals surface area contributed by atoms with E-state index in [1.165, 1.54) is 24.3 Å². The van der Waals surface area contributed by atoms with Gasteiger partial charge < -0.3 is 5.11 Å². The van der Waals surface area contributed by atoms with Gasteiger partial charge in [-0.05, 0) is 97.5 Å². The predicted molar refractivity (Wildman–Crippen MR) is 144 cm³/mol. The third-order valence-corrected chi connectivity index (χ3v) is 5.31. The summed E-state index contributed by atoms with van der Waals surface area (Å²) in [7, 11) is 1.00. The second-order valence-corrected chi connectivity index (χ2v) is 8.54. The molecule has 12 heteroatoms. The quantitative estimate of drug-likeness (QED) is 0.175. The Labute approximate surface area is 246 Å². The zero-order valence-corrected chi connectivity index (χ0v) is 23.2. The largest absolute Gasteiger partial charge is 0.400 e. The van der Waals surface area contributed by atoms with Gasteiger partial charge in [-0.3, -0.25) is 0 Å². The van der Waals surface area contributed by atoms with Gasteiger partial charge in [-0.2, -0.15) is 0 Å². The van der Waals surface area contributed by atoms with Gasteiger partial charge in [0.15, 0.2) is 52.4 Å². The summed E-state index contributed by atoms with van der Waals surface area (Å²) in [5.74, 6) is -13.3. The molecule has 0 saturated carbocycles. The van der Waals surface area contributed by atoms with Gasteiger partial charge in [0.25, 0.3) is 0 Å². The molecule has 0 spiro atoms. The van der Waals surface area contributed by atoms with Gasteiger partial charge in [0.05, 0.1) is 0 Å². The van der Waals surface area contributed by atoms with E-state index in [1.807, 2.05) is 0 Å². The van der Waals surface area contributed by atoms with Crippen molar-refractivity contribution in [2.24, 2.45) is 0 Å². The number of hydrogen-bond donors (Lipinski definition) is 1. The number of hydrogen-bond acceptors (Lipinski definition) is 1. The Hall–Kier alpha value is -4.19. The number of aliphatic hydroxyl groups is 1. The van der Waals surface area contributed by atoms with Gasteiger partial charge in [0.1, 0.15) is 11.6 Å². The maximum Gasteiger partial charge on any atom is 0.194 e. The van der Waals surface area contributed by atoms with Crippen LogP contribution in [0.2, 0.25) is 0 Å². The van der Waals surface area contributed by atoms with Crippen LogP contribution in [-0.4, -0.2) is 12.2 Å². The van der Waals surface area contributed by atoms with Crippen molar-refractivity contribution < 1.29 is 53.4 Å². The zero-order valence-electron chi connectivity index (χ0n) is 23.2. The molecule has 4 aromatic carbocycles. The molecule has 44 heavy (non-hydrogen) atoms. The summed E-state index contributed by atoms with van der Waals surface area (Å²) in [4.78, 5) is 0. The van der Waals surface area contributed by atoms with E-state index in [2.05, 4.69) is 13.8 Å². The Bertz CT molecular complexity index is 1490. The molecular formula is C32H25F11O. The molecule has 0 bridgehead atoms. The maximum absolute atomic E-state index is 13.0. The van der Waals surface area contributed by atoms with Crippen molar-refractivity contribution >= 4 is 6.08 Å². The molecule has 0 aromatic heterocycles. The standard InChI is InChI=1S/C15H8F6.C9H9F2.C7H4F3.CH4O/c16-10-4-8(5-11(17)14(10)20)2-1-3-9-6-12(18)15(21)13(19)7-9;1-3-7-8(10)4-6(2)5-9(7)11;1-4-2-5(8)7(10)6(9)3-4;1-2/h1-2,4-7H,3H2;4-5H,2-3H2,1H3;2-3H,1H2;2H,1H3/b2-1+;;;. The minimum atomic E-state index is -1.57. The zero-order chi connectivity index (χ0) is 33.7. The highest BCUT2D eigenvalue weighted by Crippen LogP contribution is 2.18. The van der Waals surface area contributed by atoms with E-state index in [9.17, 15) is 48.3 Å². The second-order valence-electron chi connectivity index (χ2n) is 8.54. The molecule has 1 N–H and O–H groups in total. The first-order chi connectivity index (χ1) is 20.6. The lowest BCUT2D eigenvalue weighted by Crippen LogP contribution is -1.94. The Balaban J connectivity index is 0.000000354. The first-order valence-corrected chi connectivity index (χ1v) is 12.3.